The highest BCUT2D eigenvalue weighted by Gasteiger charge is 2.24. The van der Waals surface area contributed by atoms with Gasteiger partial charge in [-0.2, -0.15) is 0 Å². The summed E-state index contributed by atoms with van der Waals surface area (Å²) >= 11 is 0. The first-order valence-corrected chi connectivity index (χ1v) is 7.68. The summed E-state index contributed by atoms with van der Waals surface area (Å²) in [5.41, 5.74) is 5.30. The highest BCUT2D eigenvalue weighted by atomic mass is 16.6. The zero-order valence-corrected chi connectivity index (χ0v) is 13.6. The van der Waals surface area contributed by atoms with E-state index in [-0.39, 0.29) is 10.6 Å². The predicted octanol–water partition coefficient (Wildman–Crippen LogP) is 4.64. The first kappa shape index (κ1) is 15.7. The van der Waals surface area contributed by atoms with Crippen LogP contribution in [0.25, 0.3) is 16.7 Å². The van der Waals surface area contributed by atoms with Crippen LogP contribution in [-0.4, -0.2) is 23.9 Å². The van der Waals surface area contributed by atoms with Crippen LogP contribution in [0.2, 0.25) is 0 Å². The van der Waals surface area contributed by atoms with Gasteiger partial charge in [0, 0.05) is 26.2 Å². The number of rotatable bonds is 4. The molecule has 2 aromatic rings. The molecular formula is C20H18N2O2. The Morgan fingerprint density at radius 3 is 2.33 bits per heavy atom. The number of allylic oxidation sites excluding steroid dienone is 4. The van der Waals surface area contributed by atoms with E-state index in [1.54, 1.807) is 12.1 Å². The van der Waals surface area contributed by atoms with Crippen LogP contribution in [0.4, 0.5) is 5.69 Å². The molecule has 2 aromatic carbocycles. The van der Waals surface area contributed by atoms with Crippen LogP contribution in [0.1, 0.15) is 11.1 Å². The van der Waals surface area contributed by atoms with Gasteiger partial charge in [0.1, 0.15) is 0 Å². The van der Waals surface area contributed by atoms with Crippen molar-refractivity contribution in [1.82, 2.24) is 4.90 Å². The van der Waals surface area contributed by atoms with Crippen LogP contribution in [0.5, 0.6) is 0 Å². The van der Waals surface area contributed by atoms with Gasteiger partial charge in [-0.25, -0.2) is 0 Å². The molecule has 0 spiro atoms. The maximum atomic E-state index is 11.1. The van der Waals surface area contributed by atoms with Gasteiger partial charge in [-0.05, 0) is 46.2 Å². The van der Waals surface area contributed by atoms with Crippen molar-refractivity contribution in [2.75, 3.05) is 14.1 Å². The number of nitrogens with zero attached hydrogens (tertiary/aromatic N) is 2. The summed E-state index contributed by atoms with van der Waals surface area (Å²) in [5, 5.41) is 11.1. The van der Waals surface area contributed by atoms with Gasteiger partial charge in [-0.1, -0.05) is 42.5 Å². The Bertz CT molecular complexity index is 877. The maximum absolute atomic E-state index is 11.1. The largest absolute Gasteiger partial charge is 0.383 e. The van der Waals surface area contributed by atoms with Gasteiger partial charge in [0.15, 0.2) is 0 Å². The highest BCUT2D eigenvalue weighted by Crippen LogP contribution is 2.45. The average molecular weight is 318 g/mol. The fourth-order valence-electron chi connectivity index (χ4n) is 2.82. The molecule has 0 saturated carbocycles. The maximum Gasteiger partial charge on any atom is 0.270 e. The number of non-ortho nitro benzene ring substituents is 1. The molecule has 0 N–H and O–H groups in total. The van der Waals surface area contributed by atoms with E-state index in [1.165, 1.54) is 0 Å². The number of hydrogen-bond acceptors (Lipinski definition) is 3. The van der Waals surface area contributed by atoms with E-state index >= 15 is 0 Å². The average Bonchev–Trinajstić information content (AvgIpc) is 2.88. The third kappa shape index (κ3) is 2.99. The Kier molecular flexibility index (Phi) is 4.29. The van der Waals surface area contributed by atoms with E-state index in [0.29, 0.717) is 0 Å². The lowest BCUT2D eigenvalue weighted by atomic mass is 10.0. The molecule has 0 aromatic heterocycles. The molecule has 4 heteroatoms. The Labute approximate surface area is 141 Å². The van der Waals surface area contributed by atoms with Gasteiger partial charge in [-0.15, -0.1) is 0 Å². The molecule has 0 aliphatic heterocycles. The number of fused-ring (bicyclic) bond motifs is 3. The van der Waals surface area contributed by atoms with Crippen LogP contribution in [0, 0.1) is 10.1 Å². The minimum absolute atomic E-state index is 0.115. The van der Waals surface area contributed by atoms with Crippen molar-refractivity contribution >= 4 is 11.3 Å². The van der Waals surface area contributed by atoms with Crippen molar-refractivity contribution < 1.29 is 4.92 Å². The van der Waals surface area contributed by atoms with Crippen molar-refractivity contribution in [2.45, 2.75) is 0 Å². The number of nitro groups is 1. The van der Waals surface area contributed by atoms with Crippen molar-refractivity contribution in [2.24, 2.45) is 0 Å². The summed E-state index contributed by atoms with van der Waals surface area (Å²) in [7, 11) is 3.93. The summed E-state index contributed by atoms with van der Waals surface area (Å²) in [6.07, 6.45) is 9.82. The monoisotopic (exact) mass is 318 g/mol. The third-order valence-electron chi connectivity index (χ3n) is 3.88. The molecule has 0 bridgehead atoms. The summed E-state index contributed by atoms with van der Waals surface area (Å²) in [6.45, 7) is 0. The summed E-state index contributed by atoms with van der Waals surface area (Å²) in [4.78, 5) is 12.7. The van der Waals surface area contributed by atoms with Crippen molar-refractivity contribution in [1.29, 1.82) is 0 Å². The Hall–Kier alpha value is -3.14. The van der Waals surface area contributed by atoms with E-state index in [2.05, 4.69) is 12.1 Å². The Morgan fingerprint density at radius 2 is 1.62 bits per heavy atom. The van der Waals surface area contributed by atoms with Crippen molar-refractivity contribution in [3.63, 3.8) is 0 Å². The fourth-order valence-corrected chi connectivity index (χ4v) is 2.82. The van der Waals surface area contributed by atoms with Crippen LogP contribution in [-0.2, 0) is 0 Å². The molecule has 0 amide bonds. The van der Waals surface area contributed by atoms with E-state index in [0.717, 1.165) is 27.8 Å². The number of hydrogen-bond donors (Lipinski definition) is 0. The molecular weight excluding hydrogens is 300 g/mol. The van der Waals surface area contributed by atoms with Crippen molar-refractivity contribution in [3.05, 3.63) is 94.2 Å². The SMILES string of the molecule is CN(C)/C=C/C=C/C=C1/c2ccccc2-c2ccc([N+](=O)[O-])cc21. The molecule has 1 aliphatic rings. The van der Waals surface area contributed by atoms with Crippen LogP contribution < -0.4 is 0 Å². The molecule has 0 heterocycles. The van der Waals surface area contributed by atoms with Crippen molar-refractivity contribution in [3.8, 4) is 11.1 Å². The molecule has 0 atom stereocenters. The van der Waals surface area contributed by atoms with Crippen LogP contribution >= 0.6 is 0 Å². The Balaban J connectivity index is 2.06. The molecule has 0 radical (unpaired) electrons. The third-order valence-corrected chi connectivity index (χ3v) is 3.88. The highest BCUT2D eigenvalue weighted by molar-refractivity contribution is 6.02. The molecule has 0 saturated heterocycles. The topological polar surface area (TPSA) is 46.4 Å². The van der Waals surface area contributed by atoms with E-state index in [4.69, 9.17) is 0 Å². The molecule has 4 nitrogen and oxygen atoms in total. The second-order valence-electron chi connectivity index (χ2n) is 5.80. The van der Waals surface area contributed by atoms with Crippen LogP contribution in [0.3, 0.4) is 0 Å². The fraction of sp³-hybridized carbons (Fsp3) is 0.100. The lowest BCUT2D eigenvalue weighted by Gasteiger charge is -2.02. The zero-order valence-electron chi connectivity index (χ0n) is 13.6. The quantitative estimate of drug-likeness (QED) is 0.400. The minimum atomic E-state index is -0.351. The molecule has 0 unspecified atom stereocenters. The first-order chi connectivity index (χ1) is 11.6. The standard InChI is InChI=1S/C20H18N2O2/c1-21(2)13-7-3-4-8-18-16-9-5-6-10-17(16)19-12-11-15(22(23)24)14-20(18)19/h3-14H,1-2H3/b4-3+,13-7+,18-8-. The smallest absolute Gasteiger partial charge is 0.270 e. The first-order valence-electron chi connectivity index (χ1n) is 7.68. The molecule has 3 rings (SSSR count). The molecule has 24 heavy (non-hydrogen) atoms. The van der Waals surface area contributed by atoms with Gasteiger partial charge >= 0.3 is 0 Å². The number of benzene rings is 2. The lowest BCUT2D eigenvalue weighted by molar-refractivity contribution is -0.384. The van der Waals surface area contributed by atoms with Gasteiger partial charge in [-0.3, -0.25) is 10.1 Å². The van der Waals surface area contributed by atoms with Gasteiger partial charge < -0.3 is 4.90 Å². The summed E-state index contributed by atoms with van der Waals surface area (Å²) in [5.74, 6) is 0. The molecule has 0 fully saturated rings. The lowest BCUT2D eigenvalue weighted by Crippen LogP contribution is -1.99. The van der Waals surface area contributed by atoms with Crippen LogP contribution in [0.15, 0.2) is 73.0 Å². The van der Waals surface area contributed by atoms with E-state index < -0.39 is 0 Å². The van der Waals surface area contributed by atoms with E-state index in [1.807, 2.05) is 67.7 Å². The van der Waals surface area contributed by atoms with Gasteiger partial charge in [0.2, 0.25) is 0 Å². The molecule has 120 valence electrons. The zero-order chi connectivity index (χ0) is 17.1. The number of nitro benzene ring substituents is 1. The van der Waals surface area contributed by atoms with Gasteiger partial charge in [0.25, 0.3) is 5.69 Å². The van der Waals surface area contributed by atoms with E-state index in [9.17, 15) is 10.1 Å². The second kappa shape index (κ2) is 6.54. The minimum Gasteiger partial charge on any atom is -0.383 e. The molecule has 1 aliphatic carbocycles. The second-order valence-corrected chi connectivity index (χ2v) is 5.80. The predicted molar refractivity (Wildman–Crippen MR) is 97.6 cm³/mol. The summed E-state index contributed by atoms with van der Waals surface area (Å²) < 4.78 is 0. The Morgan fingerprint density at radius 1 is 0.917 bits per heavy atom. The summed E-state index contributed by atoms with van der Waals surface area (Å²) in [6, 6.07) is 13.1. The van der Waals surface area contributed by atoms with Gasteiger partial charge in [0.05, 0.1) is 4.92 Å². The normalized spacial score (nSPS) is 14.3.